The number of ketones is 1. The van der Waals surface area contributed by atoms with Crippen LogP contribution < -0.4 is 30.4 Å². The molecular formula is C3H7IO5. The van der Waals surface area contributed by atoms with Crippen LogP contribution in [-0.4, -0.2) is 9.22 Å². The predicted octanol–water partition coefficient (Wildman–Crippen LogP) is -6.52. The number of Topliss-reactive ketones (excluding diaryl/α,β-unsaturated/α-hetero) is 1. The number of rotatable bonds is 0. The van der Waals surface area contributed by atoms with Gasteiger partial charge in [0.05, 0.1) is 0 Å². The molecule has 0 aromatic carbocycles. The number of carbonyl (C=O) groups is 1. The standard InChI is InChI=1S/C3H6O.HIO4/c1-3(2)4;2-1(3,4)5/h1-2H3;2H. The largest absolute Gasteiger partial charge is 0.368 e. The van der Waals surface area contributed by atoms with Gasteiger partial charge in [0.1, 0.15) is 5.78 Å². The van der Waals surface area contributed by atoms with Gasteiger partial charge in [0, 0.05) is 3.44 Å². The van der Waals surface area contributed by atoms with Gasteiger partial charge >= 0.3 is 20.1 Å². The van der Waals surface area contributed by atoms with E-state index in [0.29, 0.717) is 0 Å². The van der Waals surface area contributed by atoms with Gasteiger partial charge in [0.15, 0.2) is 0 Å². The molecule has 9 heavy (non-hydrogen) atoms. The van der Waals surface area contributed by atoms with Crippen molar-refractivity contribution in [1.82, 2.24) is 0 Å². The van der Waals surface area contributed by atoms with E-state index < -0.39 is 20.1 Å². The lowest BCUT2D eigenvalue weighted by Gasteiger charge is -1.93. The highest BCUT2D eigenvalue weighted by molar-refractivity contribution is 5.72. The molecule has 0 radical (unpaired) electrons. The number of hydrogen-bond donors (Lipinski definition) is 1. The van der Waals surface area contributed by atoms with E-state index >= 15 is 0 Å². The lowest BCUT2D eigenvalue weighted by atomic mass is 10.6. The van der Waals surface area contributed by atoms with Crippen LogP contribution in [0.1, 0.15) is 13.8 Å². The topological polar surface area (TPSA) is 106 Å². The second kappa shape index (κ2) is 5.06. The normalized spacial score (nSPS) is 9.56. The van der Waals surface area contributed by atoms with E-state index in [2.05, 4.69) is 0 Å². The Labute approximate surface area is 58.7 Å². The summed E-state index contributed by atoms with van der Waals surface area (Å²) < 4.78 is 33.2. The minimum Gasteiger partial charge on any atom is -0.300 e. The predicted molar refractivity (Wildman–Crippen MR) is 18.6 cm³/mol. The first-order valence-electron chi connectivity index (χ1n) is 1.84. The van der Waals surface area contributed by atoms with Gasteiger partial charge in [-0.2, -0.15) is 0 Å². The van der Waals surface area contributed by atoms with E-state index in [1.165, 1.54) is 13.8 Å². The number of halogens is 1. The molecule has 0 fully saturated rings. The Morgan fingerprint density at radius 3 is 1.33 bits per heavy atom. The van der Waals surface area contributed by atoms with Crippen molar-refractivity contribution in [2.75, 3.05) is 0 Å². The van der Waals surface area contributed by atoms with Crippen LogP contribution in [0.3, 0.4) is 0 Å². The third kappa shape index (κ3) is 5570. The smallest absolute Gasteiger partial charge is 0.300 e. The van der Waals surface area contributed by atoms with Crippen molar-refractivity contribution in [3.8, 4) is 0 Å². The monoisotopic (exact) mass is 250 g/mol. The van der Waals surface area contributed by atoms with Crippen molar-refractivity contribution in [1.29, 1.82) is 0 Å². The van der Waals surface area contributed by atoms with Gasteiger partial charge in [-0.25, -0.2) is 0 Å². The van der Waals surface area contributed by atoms with E-state index in [0.717, 1.165) is 0 Å². The summed E-state index contributed by atoms with van der Waals surface area (Å²) in [4.78, 5) is 9.44. The van der Waals surface area contributed by atoms with E-state index in [-0.39, 0.29) is 5.78 Å². The number of carbonyl (C=O) groups excluding carboxylic acids is 1. The van der Waals surface area contributed by atoms with Gasteiger partial charge in [-0.3, -0.25) is 10.3 Å². The van der Waals surface area contributed by atoms with Crippen LogP contribution in [0, 0.1) is 0 Å². The zero-order valence-electron chi connectivity index (χ0n) is 4.96. The highest BCUT2D eigenvalue weighted by Gasteiger charge is 2.11. The van der Waals surface area contributed by atoms with Gasteiger partial charge < -0.3 is 4.79 Å². The third-order valence-corrected chi connectivity index (χ3v) is 0. The van der Waals surface area contributed by atoms with Crippen LogP contribution in [0.15, 0.2) is 0 Å². The summed E-state index contributed by atoms with van der Waals surface area (Å²) in [7, 11) is 0. The number of hydrogen-bond acceptors (Lipinski definition) is 5. The molecule has 0 aromatic rings. The second-order valence-electron chi connectivity index (χ2n) is 1.30. The fraction of sp³-hybridized carbons (Fsp3) is 0.667. The van der Waals surface area contributed by atoms with Crippen LogP contribution >= 0.6 is 0 Å². The summed E-state index contributed by atoms with van der Waals surface area (Å²) in [6.45, 7) is 3.06. The molecule has 0 unspecified atom stereocenters. The summed E-state index contributed by atoms with van der Waals surface area (Å²) in [5, 5.41) is 0. The maximum Gasteiger partial charge on any atom is 0.368 e. The molecule has 0 atom stereocenters. The highest BCUT2D eigenvalue weighted by atomic mass is 127. The maximum atomic E-state index is 9.44. The van der Waals surface area contributed by atoms with E-state index in [1.54, 1.807) is 0 Å². The average molecular weight is 250 g/mol. The summed E-state index contributed by atoms with van der Waals surface area (Å²) >= 11 is -5.69. The SMILES string of the molecule is CC(C)=O.[O-][I+3]([O-])([O-])O. The first-order valence-corrected chi connectivity index (χ1v) is 5.44. The Hall–Kier alpha value is 0.240. The zero-order chi connectivity index (χ0) is 8.08. The van der Waals surface area contributed by atoms with E-state index in [9.17, 15) is 4.79 Å². The Bertz CT molecular complexity index is 74.7. The fourth-order valence-corrected chi connectivity index (χ4v) is 0. The minimum atomic E-state index is -5.69. The average Bonchev–Trinajstić information content (AvgIpc) is 1.19. The Balaban J connectivity index is 0. The summed E-state index contributed by atoms with van der Waals surface area (Å²) in [5.74, 6) is 0.167. The molecule has 0 bridgehead atoms. The van der Waals surface area contributed by atoms with Crippen LogP contribution in [0.4, 0.5) is 0 Å². The molecule has 0 heterocycles. The molecule has 56 valence electrons. The van der Waals surface area contributed by atoms with Gasteiger partial charge in [-0.05, 0) is 13.8 Å². The first-order chi connectivity index (χ1) is 3.73. The molecule has 0 saturated carbocycles. The zero-order valence-corrected chi connectivity index (χ0v) is 7.12. The summed E-state index contributed by atoms with van der Waals surface area (Å²) in [6, 6.07) is 0. The van der Waals surface area contributed by atoms with E-state index in [4.69, 9.17) is 13.7 Å². The summed E-state index contributed by atoms with van der Waals surface area (Å²) in [6.07, 6.45) is 0. The quantitative estimate of drug-likeness (QED) is 0.430. The Kier molecular flexibility index (Phi) is 6.73. The molecule has 1 N–H and O–H groups in total. The van der Waals surface area contributed by atoms with Crippen molar-refractivity contribution >= 4 is 5.78 Å². The van der Waals surface area contributed by atoms with Gasteiger partial charge in [0.25, 0.3) is 0 Å². The molecule has 0 aliphatic rings. The van der Waals surface area contributed by atoms with Crippen LogP contribution in [0.5, 0.6) is 0 Å². The fourth-order valence-electron chi connectivity index (χ4n) is 0. The van der Waals surface area contributed by atoms with Gasteiger partial charge in [0.2, 0.25) is 0 Å². The van der Waals surface area contributed by atoms with Crippen molar-refractivity contribution in [3.05, 3.63) is 0 Å². The molecular weight excluding hydrogens is 243 g/mol. The first kappa shape index (κ1) is 12.0. The molecule has 6 heteroatoms. The van der Waals surface area contributed by atoms with E-state index in [1.807, 2.05) is 0 Å². The van der Waals surface area contributed by atoms with Crippen molar-refractivity contribution in [2.24, 2.45) is 0 Å². The van der Waals surface area contributed by atoms with Crippen LogP contribution in [-0.2, 0) is 4.79 Å². The lowest BCUT2D eigenvalue weighted by Crippen LogP contribution is -4.23. The minimum absolute atomic E-state index is 0.167. The Morgan fingerprint density at radius 2 is 1.33 bits per heavy atom. The molecule has 0 spiro atoms. The summed E-state index contributed by atoms with van der Waals surface area (Å²) in [5.41, 5.74) is 0. The Morgan fingerprint density at radius 1 is 1.33 bits per heavy atom. The molecule has 0 aliphatic heterocycles. The molecule has 0 aliphatic carbocycles. The third-order valence-electron chi connectivity index (χ3n) is 0. The van der Waals surface area contributed by atoms with Crippen molar-refractivity contribution < 1.29 is 38.6 Å². The lowest BCUT2D eigenvalue weighted by molar-refractivity contribution is -1.92. The maximum absolute atomic E-state index is 9.44. The van der Waals surface area contributed by atoms with Crippen LogP contribution in [0.2, 0.25) is 0 Å². The molecule has 0 aromatic heterocycles. The second-order valence-corrected chi connectivity index (χ2v) is 3.56. The molecule has 0 amide bonds. The van der Waals surface area contributed by atoms with Crippen molar-refractivity contribution in [2.45, 2.75) is 13.8 Å². The van der Waals surface area contributed by atoms with Crippen molar-refractivity contribution in [3.63, 3.8) is 0 Å². The van der Waals surface area contributed by atoms with Gasteiger partial charge in [-0.15, -0.1) is 0 Å². The molecule has 0 saturated heterocycles. The molecule has 0 rings (SSSR count). The van der Waals surface area contributed by atoms with Gasteiger partial charge in [-0.1, -0.05) is 0 Å². The molecule has 5 nitrogen and oxygen atoms in total. The highest BCUT2D eigenvalue weighted by Crippen LogP contribution is 1.50. The van der Waals surface area contributed by atoms with Crippen LogP contribution in [0.25, 0.3) is 0 Å².